The minimum Gasteiger partial charge on any atom is -0.493 e. The van der Waals surface area contributed by atoms with Crippen molar-refractivity contribution >= 4 is 22.4 Å². The number of nitriles is 1. The van der Waals surface area contributed by atoms with Gasteiger partial charge in [0.15, 0.2) is 11.5 Å². The summed E-state index contributed by atoms with van der Waals surface area (Å²) < 4.78 is 25.8. The number of likely N-dealkylation sites (tertiary alicyclic amines) is 1. The standard InChI is InChI=1S/C23H24FN5O2/c1-30-21-12-17-20(13-22(21)31-10-4-9-29-7-2-3-8-29)26-15-27-23(17)28-19-6-5-16(14-25)11-18(19)24/h5-6,11-13,15H,2-4,7-10H2,1H3,(H,26,27,28). The van der Waals surface area contributed by atoms with Gasteiger partial charge < -0.3 is 19.7 Å². The minimum atomic E-state index is -0.532. The Bertz CT molecular complexity index is 1110. The third-order valence-electron chi connectivity index (χ3n) is 5.35. The van der Waals surface area contributed by atoms with Crippen LogP contribution in [0.15, 0.2) is 36.7 Å². The third-order valence-corrected chi connectivity index (χ3v) is 5.35. The first-order valence-corrected chi connectivity index (χ1v) is 10.3. The number of ether oxygens (including phenoxy) is 2. The number of rotatable bonds is 8. The maximum Gasteiger partial charge on any atom is 0.163 e. The van der Waals surface area contributed by atoms with Crippen molar-refractivity contribution in [1.82, 2.24) is 14.9 Å². The fourth-order valence-corrected chi connectivity index (χ4v) is 3.73. The van der Waals surface area contributed by atoms with Crippen molar-refractivity contribution < 1.29 is 13.9 Å². The Morgan fingerprint density at radius 2 is 2.00 bits per heavy atom. The Balaban J connectivity index is 1.53. The van der Waals surface area contributed by atoms with Crippen LogP contribution in [0.25, 0.3) is 10.9 Å². The van der Waals surface area contributed by atoms with E-state index in [9.17, 15) is 4.39 Å². The highest BCUT2D eigenvalue weighted by atomic mass is 19.1. The van der Waals surface area contributed by atoms with Crippen LogP contribution < -0.4 is 14.8 Å². The van der Waals surface area contributed by atoms with Gasteiger partial charge in [0.1, 0.15) is 18.0 Å². The van der Waals surface area contributed by atoms with Gasteiger partial charge in [-0.05, 0) is 56.6 Å². The van der Waals surface area contributed by atoms with Gasteiger partial charge in [0, 0.05) is 18.0 Å². The van der Waals surface area contributed by atoms with E-state index >= 15 is 0 Å². The number of aromatic nitrogens is 2. The molecule has 0 saturated carbocycles. The lowest BCUT2D eigenvalue weighted by molar-refractivity contribution is 0.254. The van der Waals surface area contributed by atoms with E-state index < -0.39 is 5.82 Å². The second kappa shape index (κ2) is 9.58. The Kier molecular flexibility index (Phi) is 6.43. The van der Waals surface area contributed by atoms with Crippen LogP contribution in [0.3, 0.4) is 0 Å². The van der Waals surface area contributed by atoms with Gasteiger partial charge in [-0.3, -0.25) is 0 Å². The number of methoxy groups -OCH3 is 1. The summed E-state index contributed by atoms with van der Waals surface area (Å²) in [5.41, 5.74) is 1.13. The van der Waals surface area contributed by atoms with Crippen LogP contribution in [0.2, 0.25) is 0 Å². The van der Waals surface area contributed by atoms with Crippen molar-refractivity contribution in [2.75, 3.05) is 38.7 Å². The zero-order valence-corrected chi connectivity index (χ0v) is 17.4. The first-order chi connectivity index (χ1) is 15.2. The van der Waals surface area contributed by atoms with Crippen molar-refractivity contribution in [2.45, 2.75) is 19.3 Å². The summed E-state index contributed by atoms with van der Waals surface area (Å²) in [7, 11) is 1.58. The summed E-state index contributed by atoms with van der Waals surface area (Å²) in [5, 5.41) is 12.6. The zero-order valence-electron chi connectivity index (χ0n) is 17.4. The van der Waals surface area contributed by atoms with E-state index in [1.165, 1.54) is 44.4 Å². The lowest BCUT2D eigenvalue weighted by Gasteiger charge is -2.16. The Morgan fingerprint density at radius 3 is 2.74 bits per heavy atom. The number of fused-ring (bicyclic) bond motifs is 1. The van der Waals surface area contributed by atoms with Crippen molar-refractivity contribution in [3.05, 3.63) is 48.0 Å². The van der Waals surface area contributed by atoms with Crippen LogP contribution in [0.1, 0.15) is 24.8 Å². The summed E-state index contributed by atoms with van der Waals surface area (Å²) in [6.45, 7) is 3.96. The molecule has 0 radical (unpaired) electrons. The molecule has 0 bridgehead atoms. The summed E-state index contributed by atoms with van der Waals surface area (Å²) in [6, 6.07) is 9.76. The Labute approximate surface area is 180 Å². The van der Waals surface area contributed by atoms with E-state index in [1.54, 1.807) is 19.2 Å². The molecule has 2 aromatic carbocycles. The summed E-state index contributed by atoms with van der Waals surface area (Å²) in [5.74, 6) is 1.08. The van der Waals surface area contributed by atoms with E-state index in [1.807, 2.05) is 12.1 Å². The molecule has 7 nitrogen and oxygen atoms in total. The molecule has 1 aromatic heterocycles. The molecular formula is C23H24FN5O2. The van der Waals surface area contributed by atoms with Gasteiger partial charge in [-0.2, -0.15) is 5.26 Å². The van der Waals surface area contributed by atoms with Crippen LogP contribution >= 0.6 is 0 Å². The largest absolute Gasteiger partial charge is 0.493 e. The highest BCUT2D eigenvalue weighted by Crippen LogP contribution is 2.35. The fourth-order valence-electron chi connectivity index (χ4n) is 3.73. The SMILES string of the molecule is COc1cc2c(Nc3ccc(C#N)cc3F)ncnc2cc1OCCCN1CCCC1. The topological polar surface area (TPSA) is 83.3 Å². The first-order valence-electron chi connectivity index (χ1n) is 10.3. The molecule has 4 rings (SSSR count). The van der Waals surface area contributed by atoms with Crippen LogP contribution in [0, 0.1) is 17.1 Å². The van der Waals surface area contributed by atoms with Gasteiger partial charge >= 0.3 is 0 Å². The van der Waals surface area contributed by atoms with Gasteiger partial charge in [-0.1, -0.05) is 0 Å². The lowest BCUT2D eigenvalue weighted by atomic mass is 10.2. The first kappa shape index (κ1) is 20.8. The highest BCUT2D eigenvalue weighted by molar-refractivity contribution is 5.93. The summed E-state index contributed by atoms with van der Waals surface area (Å²) >= 11 is 0. The molecule has 1 saturated heterocycles. The number of hydrogen-bond donors (Lipinski definition) is 1. The predicted octanol–water partition coefficient (Wildman–Crippen LogP) is 4.26. The molecule has 0 unspecified atom stereocenters. The molecule has 3 aromatic rings. The predicted molar refractivity (Wildman–Crippen MR) is 116 cm³/mol. The van der Waals surface area contributed by atoms with E-state index in [0.717, 1.165) is 13.0 Å². The summed E-state index contributed by atoms with van der Waals surface area (Å²) in [4.78, 5) is 11.0. The van der Waals surface area contributed by atoms with Crippen LogP contribution in [0.4, 0.5) is 15.9 Å². The van der Waals surface area contributed by atoms with Crippen LogP contribution in [0.5, 0.6) is 11.5 Å². The molecule has 0 spiro atoms. The zero-order chi connectivity index (χ0) is 21.6. The lowest BCUT2D eigenvalue weighted by Crippen LogP contribution is -2.21. The van der Waals surface area contributed by atoms with Crippen molar-refractivity contribution in [3.8, 4) is 17.6 Å². The molecule has 1 aliphatic heterocycles. The van der Waals surface area contributed by atoms with Crippen molar-refractivity contribution in [1.29, 1.82) is 5.26 Å². The number of anilines is 2. The molecule has 0 atom stereocenters. The second-order valence-corrected chi connectivity index (χ2v) is 7.42. The van der Waals surface area contributed by atoms with Crippen LogP contribution in [-0.2, 0) is 0 Å². The van der Waals surface area contributed by atoms with E-state index in [4.69, 9.17) is 14.7 Å². The molecule has 1 aliphatic rings. The molecule has 8 heteroatoms. The molecule has 0 aliphatic carbocycles. The molecular weight excluding hydrogens is 397 g/mol. The molecule has 1 N–H and O–H groups in total. The number of benzene rings is 2. The van der Waals surface area contributed by atoms with Crippen LogP contribution in [-0.4, -0.2) is 48.2 Å². The maximum atomic E-state index is 14.3. The average molecular weight is 421 g/mol. The molecule has 160 valence electrons. The number of halogens is 1. The normalized spacial score (nSPS) is 13.8. The van der Waals surface area contributed by atoms with E-state index in [-0.39, 0.29) is 11.3 Å². The monoisotopic (exact) mass is 421 g/mol. The Morgan fingerprint density at radius 1 is 1.16 bits per heavy atom. The van der Waals surface area contributed by atoms with E-state index in [2.05, 4.69) is 20.2 Å². The third kappa shape index (κ3) is 4.84. The van der Waals surface area contributed by atoms with Crippen molar-refractivity contribution in [3.63, 3.8) is 0 Å². The van der Waals surface area contributed by atoms with Gasteiger partial charge in [0.25, 0.3) is 0 Å². The highest BCUT2D eigenvalue weighted by Gasteiger charge is 2.14. The Hall–Kier alpha value is -3.44. The summed E-state index contributed by atoms with van der Waals surface area (Å²) in [6.07, 6.45) is 4.91. The van der Waals surface area contributed by atoms with Gasteiger partial charge in [-0.15, -0.1) is 0 Å². The quantitative estimate of drug-likeness (QED) is 0.544. The van der Waals surface area contributed by atoms with Gasteiger partial charge in [0.2, 0.25) is 0 Å². The smallest absolute Gasteiger partial charge is 0.163 e. The fraction of sp³-hybridized carbons (Fsp3) is 0.348. The van der Waals surface area contributed by atoms with E-state index in [0.29, 0.717) is 34.8 Å². The molecule has 31 heavy (non-hydrogen) atoms. The number of nitrogens with one attached hydrogen (secondary N) is 1. The van der Waals surface area contributed by atoms with Gasteiger partial charge in [-0.25, -0.2) is 14.4 Å². The van der Waals surface area contributed by atoms with Crippen molar-refractivity contribution in [2.24, 2.45) is 0 Å². The second-order valence-electron chi connectivity index (χ2n) is 7.42. The van der Waals surface area contributed by atoms with Gasteiger partial charge in [0.05, 0.1) is 36.6 Å². The average Bonchev–Trinajstić information content (AvgIpc) is 3.31. The molecule has 2 heterocycles. The molecule has 1 fully saturated rings. The number of hydrogen-bond acceptors (Lipinski definition) is 7. The molecule has 0 amide bonds. The maximum absolute atomic E-state index is 14.3. The number of nitrogens with zero attached hydrogens (tertiary/aromatic N) is 4. The minimum absolute atomic E-state index is 0.222.